The smallest absolute Gasteiger partial charge is 0.227 e. The molecule has 2 amide bonds. The Morgan fingerprint density at radius 3 is 3.09 bits per heavy atom. The molecule has 3 rings (SSSR count). The molecule has 2 fully saturated rings. The molecule has 0 bridgehead atoms. The zero-order valence-corrected chi connectivity index (χ0v) is 12.9. The van der Waals surface area contributed by atoms with E-state index in [9.17, 15) is 9.59 Å². The van der Waals surface area contributed by atoms with Crippen LogP contribution in [0.3, 0.4) is 0 Å². The Balaban J connectivity index is 1.62. The van der Waals surface area contributed by atoms with Crippen molar-refractivity contribution in [1.29, 1.82) is 0 Å². The summed E-state index contributed by atoms with van der Waals surface area (Å²) in [5.74, 6) is 1.41. The van der Waals surface area contributed by atoms with Crippen molar-refractivity contribution in [3.8, 4) is 5.75 Å². The quantitative estimate of drug-likeness (QED) is 0.917. The predicted octanol–water partition coefficient (Wildman–Crippen LogP) is 1.36. The zero-order chi connectivity index (χ0) is 15.5. The van der Waals surface area contributed by atoms with Crippen molar-refractivity contribution in [2.75, 3.05) is 20.2 Å². The van der Waals surface area contributed by atoms with Crippen molar-refractivity contribution in [3.05, 3.63) is 29.8 Å². The monoisotopic (exact) mass is 302 g/mol. The number of fused-ring (bicyclic) bond motifs is 1. The Morgan fingerprint density at radius 1 is 1.41 bits per heavy atom. The standard InChI is InChI=1S/C17H22N2O3/c1-22-14-6-2-4-12(8-14)9-17(21)19-10-13-5-3-7-16(20)18-15(13)11-19/h2,4,6,8,13,15H,3,5,7,9-11H2,1H3,(H,18,20)/t13-,15+/m1/s1. The molecule has 2 saturated heterocycles. The molecule has 0 radical (unpaired) electrons. The summed E-state index contributed by atoms with van der Waals surface area (Å²) < 4.78 is 5.19. The SMILES string of the molecule is COc1cccc(CC(=O)N2C[C@H]3CCCC(=O)N[C@H]3C2)c1. The third-order valence-corrected chi connectivity index (χ3v) is 4.61. The average molecular weight is 302 g/mol. The first-order chi connectivity index (χ1) is 10.7. The summed E-state index contributed by atoms with van der Waals surface area (Å²) in [6.07, 6.45) is 2.94. The molecule has 2 aliphatic rings. The van der Waals surface area contributed by atoms with Crippen LogP contribution in [0.5, 0.6) is 5.75 Å². The lowest BCUT2D eigenvalue weighted by Gasteiger charge is -2.17. The number of nitrogens with one attached hydrogen (secondary N) is 1. The van der Waals surface area contributed by atoms with Gasteiger partial charge >= 0.3 is 0 Å². The highest BCUT2D eigenvalue weighted by Gasteiger charge is 2.37. The van der Waals surface area contributed by atoms with Gasteiger partial charge in [-0.1, -0.05) is 12.1 Å². The summed E-state index contributed by atoms with van der Waals surface area (Å²) in [4.78, 5) is 26.0. The third-order valence-electron chi connectivity index (χ3n) is 4.61. The maximum atomic E-state index is 12.5. The van der Waals surface area contributed by atoms with Crippen LogP contribution in [0.25, 0.3) is 0 Å². The van der Waals surface area contributed by atoms with Gasteiger partial charge in [0.05, 0.1) is 19.6 Å². The summed E-state index contributed by atoms with van der Waals surface area (Å²) in [5, 5.41) is 3.05. The fourth-order valence-electron chi connectivity index (χ4n) is 3.40. The lowest BCUT2D eigenvalue weighted by Crippen LogP contribution is -2.39. The van der Waals surface area contributed by atoms with E-state index < -0.39 is 0 Å². The second-order valence-corrected chi connectivity index (χ2v) is 6.15. The highest BCUT2D eigenvalue weighted by molar-refractivity contribution is 5.80. The molecule has 5 heteroatoms. The van der Waals surface area contributed by atoms with E-state index in [0.717, 1.165) is 30.7 Å². The average Bonchev–Trinajstić information content (AvgIpc) is 2.82. The van der Waals surface area contributed by atoms with Crippen LogP contribution in [0.2, 0.25) is 0 Å². The maximum absolute atomic E-state index is 12.5. The first kappa shape index (κ1) is 14.9. The van der Waals surface area contributed by atoms with Crippen molar-refractivity contribution >= 4 is 11.8 Å². The van der Waals surface area contributed by atoms with Gasteiger partial charge in [-0.05, 0) is 36.5 Å². The lowest BCUT2D eigenvalue weighted by molar-refractivity contribution is -0.130. The van der Waals surface area contributed by atoms with E-state index in [1.54, 1.807) is 7.11 Å². The first-order valence-corrected chi connectivity index (χ1v) is 7.86. The lowest BCUT2D eigenvalue weighted by atomic mass is 9.99. The minimum absolute atomic E-state index is 0.120. The van der Waals surface area contributed by atoms with Gasteiger partial charge in [0.2, 0.25) is 11.8 Å². The summed E-state index contributed by atoms with van der Waals surface area (Å²) in [6, 6.07) is 7.74. The van der Waals surface area contributed by atoms with Crippen LogP contribution in [0.15, 0.2) is 24.3 Å². The van der Waals surface area contributed by atoms with Gasteiger partial charge in [0.25, 0.3) is 0 Å². The Morgan fingerprint density at radius 2 is 2.27 bits per heavy atom. The molecule has 2 heterocycles. The topological polar surface area (TPSA) is 58.6 Å². The second-order valence-electron chi connectivity index (χ2n) is 6.15. The van der Waals surface area contributed by atoms with Crippen LogP contribution in [-0.4, -0.2) is 43.0 Å². The molecule has 5 nitrogen and oxygen atoms in total. The Kier molecular flexibility index (Phi) is 4.32. The van der Waals surface area contributed by atoms with Gasteiger partial charge in [-0.15, -0.1) is 0 Å². The number of benzene rings is 1. The van der Waals surface area contributed by atoms with E-state index >= 15 is 0 Å². The largest absolute Gasteiger partial charge is 0.497 e. The number of methoxy groups -OCH3 is 1. The number of carbonyl (C=O) groups excluding carboxylic acids is 2. The summed E-state index contributed by atoms with van der Waals surface area (Å²) in [5.41, 5.74) is 0.959. The number of likely N-dealkylation sites (tertiary alicyclic amines) is 1. The van der Waals surface area contributed by atoms with Crippen LogP contribution < -0.4 is 10.1 Å². The molecule has 1 N–H and O–H groups in total. The number of rotatable bonds is 3. The summed E-state index contributed by atoms with van der Waals surface area (Å²) in [7, 11) is 1.62. The fraction of sp³-hybridized carbons (Fsp3) is 0.529. The van der Waals surface area contributed by atoms with Gasteiger partial charge in [0.1, 0.15) is 5.75 Å². The zero-order valence-electron chi connectivity index (χ0n) is 12.9. The van der Waals surface area contributed by atoms with Crippen molar-refractivity contribution in [2.45, 2.75) is 31.7 Å². The number of carbonyl (C=O) groups is 2. The number of nitrogens with zero attached hydrogens (tertiary/aromatic N) is 1. The van der Waals surface area contributed by atoms with Crippen molar-refractivity contribution in [1.82, 2.24) is 10.2 Å². The Bertz CT molecular complexity index is 573. The van der Waals surface area contributed by atoms with Gasteiger partial charge in [0.15, 0.2) is 0 Å². The fourth-order valence-corrected chi connectivity index (χ4v) is 3.40. The molecule has 118 valence electrons. The molecule has 0 unspecified atom stereocenters. The number of hydrogen-bond acceptors (Lipinski definition) is 3. The van der Waals surface area contributed by atoms with Crippen LogP contribution >= 0.6 is 0 Å². The Hall–Kier alpha value is -2.04. The highest BCUT2D eigenvalue weighted by Crippen LogP contribution is 2.26. The molecule has 0 spiro atoms. The van der Waals surface area contributed by atoms with Crippen LogP contribution in [0.4, 0.5) is 0 Å². The van der Waals surface area contributed by atoms with Gasteiger partial charge < -0.3 is 15.0 Å². The Labute approximate surface area is 130 Å². The molecule has 0 aliphatic carbocycles. The molecule has 1 aromatic carbocycles. The summed E-state index contributed by atoms with van der Waals surface area (Å²) >= 11 is 0. The van der Waals surface area contributed by atoms with E-state index in [-0.39, 0.29) is 17.9 Å². The highest BCUT2D eigenvalue weighted by atomic mass is 16.5. The molecule has 1 aromatic rings. The summed E-state index contributed by atoms with van der Waals surface area (Å²) in [6.45, 7) is 1.40. The van der Waals surface area contributed by atoms with Crippen molar-refractivity contribution in [2.24, 2.45) is 5.92 Å². The van der Waals surface area contributed by atoms with Crippen LogP contribution in [-0.2, 0) is 16.0 Å². The van der Waals surface area contributed by atoms with Crippen LogP contribution in [0, 0.1) is 5.92 Å². The molecule has 2 aliphatic heterocycles. The van der Waals surface area contributed by atoms with E-state index in [0.29, 0.717) is 25.3 Å². The van der Waals surface area contributed by atoms with E-state index in [4.69, 9.17) is 4.74 Å². The first-order valence-electron chi connectivity index (χ1n) is 7.86. The van der Waals surface area contributed by atoms with Gasteiger partial charge in [-0.2, -0.15) is 0 Å². The predicted molar refractivity (Wildman–Crippen MR) is 82.5 cm³/mol. The van der Waals surface area contributed by atoms with E-state index in [2.05, 4.69) is 5.32 Å². The molecular weight excluding hydrogens is 280 g/mol. The molecular formula is C17H22N2O3. The van der Waals surface area contributed by atoms with E-state index in [1.807, 2.05) is 29.2 Å². The van der Waals surface area contributed by atoms with Crippen molar-refractivity contribution < 1.29 is 14.3 Å². The number of amides is 2. The molecule has 0 saturated carbocycles. The normalized spacial score (nSPS) is 24.4. The van der Waals surface area contributed by atoms with Gasteiger partial charge in [0, 0.05) is 19.5 Å². The number of hydrogen-bond donors (Lipinski definition) is 1. The van der Waals surface area contributed by atoms with Gasteiger partial charge in [-0.25, -0.2) is 0 Å². The minimum atomic E-state index is 0.120. The minimum Gasteiger partial charge on any atom is -0.497 e. The third kappa shape index (κ3) is 3.24. The molecule has 2 atom stereocenters. The molecule has 0 aromatic heterocycles. The van der Waals surface area contributed by atoms with Crippen molar-refractivity contribution in [3.63, 3.8) is 0 Å². The maximum Gasteiger partial charge on any atom is 0.227 e. The molecule has 22 heavy (non-hydrogen) atoms. The number of ether oxygens (including phenoxy) is 1. The van der Waals surface area contributed by atoms with E-state index in [1.165, 1.54) is 0 Å². The van der Waals surface area contributed by atoms with Crippen LogP contribution in [0.1, 0.15) is 24.8 Å². The van der Waals surface area contributed by atoms with Gasteiger partial charge in [-0.3, -0.25) is 9.59 Å². The second kappa shape index (κ2) is 6.38.